The van der Waals surface area contributed by atoms with Gasteiger partial charge in [0.1, 0.15) is 0 Å². The first-order valence-corrected chi connectivity index (χ1v) is 44.8. The summed E-state index contributed by atoms with van der Waals surface area (Å²) in [5.74, 6) is 0. The highest BCUT2D eigenvalue weighted by atomic mass is 14.3. The summed E-state index contributed by atoms with van der Waals surface area (Å²) in [6.07, 6.45) is 5.25. The zero-order valence-electron chi connectivity index (χ0n) is 74.6. The molecule has 22 aromatic rings. The van der Waals surface area contributed by atoms with Crippen molar-refractivity contribution >= 4 is 108 Å². The van der Waals surface area contributed by atoms with E-state index in [9.17, 15) is 0 Å². The van der Waals surface area contributed by atoms with E-state index in [-0.39, 0.29) is 0 Å². The minimum atomic E-state index is 1.23. The Labute approximate surface area is 751 Å². The highest BCUT2D eigenvalue weighted by Gasteiger charge is 2.26. The average Bonchev–Trinajstić information content (AvgIpc) is 0.720. The Balaban J connectivity index is 0.000000147. The lowest BCUT2D eigenvalue weighted by atomic mass is 9.81. The number of hydrogen-bond acceptors (Lipinski definition) is 0. The average molecular weight is 1640 g/mol. The van der Waals surface area contributed by atoms with Crippen LogP contribution < -0.4 is 0 Å². The lowest BCUT2D eigenvalue weighted by Gasteiger charge is -2.22. The van der Waals surface area contributed by atoms with Crippen LogP contribution in [0.5, 0.6) is 0 Å². The van der Waals surface area contributed by atoms with Crippen LogP contribution in [0.15, 0.2) is 487 Å². The number of benzene rings is 22. The Morgan fingerprint density at radius 1 is 0.110 bits per heavy atom. The molecule has 0 aliphatic heterocycles. The second-order valence-corrected chi connectivity index (χ2v) is 30.2. The summed E-state index contributed by atoms with van der Waals surface area (Å²) in [5.41, 5.74) is 22.9. The van der Waals surface area contributed by atoms with Gasteiger partial charge in [-0.1, -0.05) is 509 Å². The van der Waals surface area contributed by atoms with Gasteiger partial charge in [-0.3, -0.25) is 0 Å². The minimum Gasteiger partial charge on any atom is -0.103 e. The molecule has 0 radical (unpaired) electrons. The number of allylic oxidation sites excluding steroid dienone is 3. The molecule has 0 nitrogen and oxygen atoms in total. The molecule has 0 spiro atoms. The summed E-state index contributed by atoms with van der Waals surface area (Å²) in [4.78, 5) is 0. The summed E-state index contributed by atoms with van der Waals surface area (Å²) in [6.45, 7) is 27.8. The summed E-state index contributed by atoms with van der Waals surface area (Å²) in [5, 5.41) is 25.6. The van der Waals surface area contributed by atoms with Crippen LogP contribution in [-0.4, -0.2) is 0 Å². The second-order valence-electron chi connectivity index (χ2n) is 30.2. The molecule has 0 aliphatic rings. The molecule has 0 aliphatic carbocycles. The Bertz CT molecular complexity index is 6910. The molecule has 0 amide bonds. The summed E-state index contributed by atoms with van der Waals surface area (Å²) < 4.78 is 0. The Morgan fingerprint density at radius 2 is 0.189 bits per heavy atom. The monoisotopic (exact) mass is 1630 g/mol. The van der Waals surface area contributed by atoms with Crippen LogP contribution in [0.2, 0.25) is 0 Å². The molecule has 0 atom stereocenters. The van der Waals surface area contributed by atoms with E-state index in [1.54, 1.807) is 18.2 Å². The van der Waals surface area contributed by atoms with Crippen LogP contribution >= 0.6 is 0 Å². The maximum atomic E-state index is 3.36. The Hall–Kier alpha value is -15.3. The molecule has 0 aromatic heterocycles. The van der Waals surface area contributed by atoms with Crippen LogP contribution in [0.25, 0.3) is 208 Å². The molecule has 0 saturated heterocycles. The summed E-state index contributed by atoms with van der Waals surface area (Å²) in [6, 6.07) is 163. The lowest BCUT2D eigenvalue weighted by molar-refractivity contribution is 1.50. The number of hydrogen-bond donors (Lipinski definition) is 0. The first-order valence-electron chi connectivity index (χ1n) is 44.8. The molecular weight excluding hydrogens is 1530 g/mol. The fourth-order valence-electron chi connectivity index (χ4n) is 18.1. The Morgan fingerprint density at radius 3 is 0.315 bits per heavy atom. The predicted octanol–water partition coefficient (Wildman–Crippen LogP) is 38.3. The van der Waals surface area contributed by atoms with Crippen LogP contribution in [-0.2, 0) is 0 Å². The molecule has 0 fully saturated rings. The van der Waals surface area contributed by atoms with E-state index >= 15 is 0 Å². The topological polar surface area (TPSA) is 0 Å². The van der Waals surface area contributed by atoms with E-state index in [2.05, 4.69) is 469 Å². The maximum absolute atomic E-state index is 3.36. The van der Waals surface area contributed by atoms with Crippen LogP contribution in [0, 0.1) is 0 Å². The van der Waals surface area contributed by atoms with Crippen molar-refractivity contribution in [3.8, 4) is 100 Å². The van der Waals surface area contributed by atoms with Crippen molar-refractivity contribution in [1.29, 1.82) is 0 Å². The molecule has 0 heteroatoms. The van der Waals surface area contributed by atoms with Gasteiger partial charge < -0.3 is 0 Å². The van der Waals surface area contributed by atoms with E-state index in [4.69, 9.17) is 0 Å². The highest BCUT2D eigenvalue weighted by molar-refractivity contribution is 6.32. The molecular formula is C127H110. The van der Waals surface area contributed by atoms with Gasteiger partial charge in [0, 0.05) is 0 Å². The van der Waals surface area contributed by atoms with E-state index < -0.39 is 0 Å². The van der Waals surface area contributed by atoms with Gasteiger partial charge in [0.2, 0.25) is 0 Å². The smallest absolute Gasteiger partial charge is 0.00139 e. The molecule has 0 unspecified atom stereocenters. The third-order valence-corrected chi connectivity index (χ3v) is 22.8. The summed E-state index contributed by atoms with van der Waals surface area (Å²) in [7, 11) is 0. The molecule has 127 heavy (non-hydrogen) atoms. The van der Waals surface area contributed by atoms with Crippen LogP contribution in [0.3, 0.4) is 0 Å². The third kappa shape index (κ3) is 18.1. The first kappa shape index (κ1) is 88.0. The Kier molecular flexibility index (Phi) is 29.9. The summed E-state index contributed by atoms with van der Waals surface area (Å²) >= 11 is 0. The zero-order valence-corrected chi connectivity index (χ0v) is 74.6. The molecule has 0 N–H and O–H groups in total. The van der Waals surface area contributed by atoms with Crippen molar-refractivity contribution in [2.75, 3.05) is 0 Å². The molecule has 22 aromatic carbocycles. The molecule has 0 heterocycles. The lowest BCUT2D eigenvalue weighted by Crippen LogP contribution is -1.94. The van der Waals surface area contributed by atoms with Crippen LogP contribution in [0.1, 0.15) is 62.3 Å². The molecule has 618 valence electrons. The van der Waals surface area contributed by atoms with E-state index in [1.807, 2.05) is 62.3 Å². The molecule has 0 saturated carbocycles. The van der Waals surface area contributed by atoms with Crippen molar-refractivity contribution in [3.05, 3.63) is 487 Å². The van der Waals surface area contributed by atoms with Crippen molar-refractivity contribution < 1.29 is 0 Å². The van der Waals surface area contributed by atoms with Crippen LogP contribution in [0.4, 0.5) is 0 Å². The maximum Gasteiger partial charge on any atom is -0.00139 e. The number of fused-ring (bicyclic) bond motifs is 10. The standard InChI is InChI=1S/C46H30.C40H26.C26H18.3C3H6.3C2H6/c1-3-15-31(16-4-1)32-27-29-34(30-28-32)44-37-21-9-13-25-41(37)46(42-26-14-10-22-38(42)44)45-39-23-11-7-19-35(39)43(33-17-5-2-6-18-33)36-20-8-12-24-40(36)45;1-3-15-27(16-4-1)37-29-19-7-11-23-33(29)39(34-24-12-8-20-30(34)37)40-35-25-13-9-21-31(35)38(28-17-5-2-6-18-28)32-22-10-14-26-36(32)40;1-3-11-19(12-4-1)25-21-15-7-9-17-23(21)26(20-13-5-2-6-14-20)24-18-10-8-16-22(24)25;3*1-3-2;3*1-2/h1-30H;1-26H;1-18H;3*3H,1H2,2H3;3*1-2H3. The van der Waals surface area contributed by atoms with E-state index in [1.165, 1.54) is 208 Å². The van der Waals surface area contributed by atoms with Crippen molar-refractivity contribution in [2.45, 2.75) is 62.3 Å². The zero-order chi connectivity index (χ0) is 88.4. The molecule has 0 bridgehead atoms. The van der Waals surface area contributed by atoms with Gasteiger partial charge in [-0.15, -0.1) is 19.7 Å². The van der Waals surface area contributed by atoms with Gasteiger partial charge in [-0.2, -0.15) is 0 Å². The van der Waals surface area contributed by atoms with Gasteiger partial charge in [0.25, 0.3) is 0 Å². The van der Waals surface area contributed by atoms with Crippen molar-refractivity contribution in [1.82, 2.24) is 0 Å². The third-order valence-electron chi connectivity index (χ3n) is 22.8. The highest BCUT2D eigenvalue weighted by Crippen LogP contribution is 2.53. The fourth-order valence-corrected chi connectivity index (χ4v) is 18.1. The molecule has 22 rings (SSSR count). The van der Waals surface area contributed by atoms with Gasteiger partial charge in [-0.25, -0.2) is 0 Å². The predicted molar refractivity (Wildman–Crippen MR) is 565 cm³/mol. The van der Waals surface area contributed by atoms with Gasteiger partial charge in [-0.05, 0) is 229 Å². The second kappa shape index (κ2) is 43.1. The number of rotatable bonds is 9. The fraction of sp³-hybridized carbons (Fsp3) is 0.0709. The van der Waals surface area contributed by atoms with Crippen molar-refractivity contribution in [2.24, 2.45) is 0 Å². The van der Waals surface area contributed by atoms with Crippen molar-refractivity contribution in [3.63, 3.8) is 0 Å². The van der Waals surface area contributed by atoms with Gasteiger partial charge >= 0.3 is 0 Å². The largest absolute Gasteiger partial charge is 0.103 e. The minimum absolute atomic E-state index is 1.23. The van der Waals surface area contributed by atoms with Gasteiger partial charge in [0.05, 0.1) is 0 Å². The van der Waals surface area contributed by atoms with E-state index in [0.29, 0.717) is 0 Å². The SMILES string of the molecule is C=CC.C=CC.C=CC.CC.CC.CC.c1ccc(-c2c3ccccc3c(-c3c4ccccc4c(-c4ccccc4)c4ccccc34)c3ccccc23)cc1.c1ccc(-c2c3ccccc3c(-c3ccccc3)c3ccccc23)cc1.c1ccc(-c2ccc(-c3c4ccccc4c(-c4c5ccccc5c(-c5ccccc5)c5ccccc45)c4ccccc34)cc2)cc1. The van der Waals surface area contributed by atoms with Gasteiger partial charge in [0.15, 0.2) is 0 Å². The first-order chi connectivity index (χ1) is 62.9. The van der Waals surface area contributed by atoms with E-state index in [0.717, 1.165) is 0 Å². The normalized spacial score (nSPS) is 10.5. The quantitative estimate of drug-likeness (QED) is 0.0998.